The van der Waals surface area contributed by atoms with Gasteiger partial charge >= 0.3 is 0 Å². The highest BCUT2D eigenvalue weighted by Gasteiger charge is 2.24. The van der Waals surface area contributed by atoms with E-state index in [1.165, 1.54) is 18.4 Å². The van der Waals surface area contributed by atoms with Crippen molar-refractivity contribution in [2.75, 3.05) is 13.1 Å². The summed E-state index contributed by atoms with van der Waals surface area (Å²) in [6.45, 7) is 3.12. The minimum Gasteiger partial charge on any atom is -0.331 e. The summed E-state index contributed by atoms with van der Waals surface area (Å²) in [6.07, 6.45) is 13.9. The average Bonchev–Trinajstić information content (AvgIpc) is 3.24. The van der Waals surface area contributed by atoms with Crippen LogP contribution in [0.3, 0.4) is 0 Å². The van der Waals surface area contributed by atoms with Crippen molar-refractivity contribution in [2.24, 2.45) is 7.05 Å². The van der Waals surface area contributed by atoms with Gasteiger partial charge in [-0.3, -0.25) is 9.88 Å². The molecule has 1 unspecified atom stereocenters. The smallest absolute Gasteiger partial charge is 0.176 e. The van der Waals surface area contributed by atoms with E-state index in [4.69, 9.17) is 0 Å². The minimum absolute atomic E-state index is 0.435. The zero-order valence-electron chi connectivity index (χ0n) is 13.9. The Morgan fingerprint density at radius 1 is 1.12 bits per heavy atom. The molecule has 3 aromatic heterocycles. The predicted molar refractivity (Wildman–Crippen MR) is 92.2 cm³/mol. The van der Waals surface area contributed by atoms with Crippen molar-refractivity contribution < 1.29 is 0 Å². The lowest BCUT2D eigenvalue weighted by molar-refractivity contribution is 0.171. The molecule has 24 heavy (non-hydrogen) atoms. The molecule has 0 saturated carbocycles. The maximum atomic E-state index is 4.55. The van der Waals surface area contributed by atoms with Crippen molar-refractivity contribution >= 4 is 0 Å². The molecule has 3 aromatic rings. The van der Waals surface area contributed by atoms with Crippen molar-refractivity contribution in [3.8, 4) is 11.6 Å². The molecule has 0 spiro atoms. The fourth-order valence-electron chi connectivity index (χ4n) is 3.51. The molecule has 0 radical (unpaired) electrons. The van der Waals surface area contributed by atoms with E-state index < -0.39 is 0 Å². The minimum atomic E-state index is 0.435. The Bertz CT molecular complexity index is 791. The van der Waals surface area contributed by atoms with E-state index in [9.17, 15) is 0 Å². The van der Waals surface area contributed by atoms with Crippen LogP contribution in [0.25, 0.3) is 11.6 Å². The van der Waals surface area contributed by atoms with Crippen molar-refractivity contribution in [3.63, 3.8) is 0 Å². The van der Waals surface area contributed by atoms with E-state index in [1.54, 1.807) is 0 Å². The molecule has 124 valence electrons. The number of pyridine rings is 1. The van der Waals surface area contributed by atoms with Crippen LogP contribution < -0.4 is 0 Å². The van der Waals surface area contributed by atoms with Gasteiger partial charge in [0.15, 0.2) is 11.6 Å². The van der Waals surface area contributed by atoms with Gasteiger partial charge in [-0.2, -0.15) is 0 Å². The molecule has 0 amide bonds. The molecule has 1 saturated heterocycles. The van der Waals surface area contributed by atoms with Crippen LogP contribution in [0.2, 0.25) is 0 Å². The Hall–Kier alpha value is -2.47. The van der Waals surface area contributed by atoms with Crippen molar-refractivity contribution in [2.45, 2.75) is 25.4 Å². The van der Waals surface area contributed by atoms with Gasteiger partial charge in [0.25, 0.3) is 0 Å². The number of hydrogen-bond donors (Lipinski definition) is 0. The Balaban J connectivity index is 1.53. The third-order valence-electron chi connectivity index (χ3n) is 4.69. The topological polar surface area (TPSA) is 51.8 Å². The number of rotatable bonds is 4. The van der Waals surface area contributed by atoms with Crippen LogP contribution in [-0.2, 0) is 13.6 Å². The van der Waals surface area contributed by atoms with Gasteiger partial charge in [0.2, 0.25) is 0 Å². The first-order valence-electron chi connectivity index (χ1n) is 8.43. The molecule has 1 aliphatic rings. The molecule has 1 fully saturated rings. The summed E-state index contributed by atoms with van der Waals surface area (Å²) in [6, 6.07) is 4.59. The molecule has 0 N–H and O–H groups in total. The highest BCUT2D eigenvalue weighted by atomic mass is 15.2. The zero-order valence-corrected chi connectivity index (χ0v) is 13.9. The summed E-state index contributed by atoms with van der Waals surface area (Å²) in [7, 11) is 2.01. The molecule has 0 bridgehead atoms. The second-order valence-corrected chi connectivity index (χ2v) is 6.41. The Labute approximate surface area is 141 Å². The summed E-state index contributed by atoms with van der Waals surface area (Å²) >= 11 is 0. The van der Waals surface area contributed by atoms with Gasteiger partial charge in [-0.05, 0) is 31.0 Å². The first kappa shape index (κ1) is 15.1. The van der Waals surface area contributed by atoms with Crippen molar-refractivity contribution in [3.05, 3.63) is 54.9 Å². The van der Waals surface area contributed by atoms with E-state index in [0.29, 0.717) is 6.04 Å². The zero-order chi connectivity index (χ0) is 16.4. The van der Waals surface area contributed by atoms with Crippen LogP contribution in [0.15, 0.2) is 49.3 Å². The lowest BCUT2D eigenvalue weighted by atomic mass is 10.0. The second-order valence-electron chi connectivity index (χ2n) is 6.41. The van der Waals surface area contributed by atoms with Crippen LogP contribution in [0.1, 0.15) is 24.4 Å². The first-order chi connectivity index (χ1) is 11.8. The first-order valence-corrected chi connectivity index (χ1v) is 8.43. The SMILES string of the molecule is Cn1ccnc1-c1nccn1C1CCCN(Cc2cccnc2)C1. The third-order valence-corrected chi connectivity index (χ3v) is 4.69. The molecule has 6 heteroatoms. The van der Waals surface area contributed by atoms with Gasteiger partial charge < -0.3 is 9.13 Å². The van der Waals surface area contributed by atoms with Gasteiger partial charge in [-0.25, -0.2) is 9.97 Å². The van der Waals surface area contributed by atoms with Crippen molar-refractivity contribution in [1.29, 1.82) is 0 Å². The van der Waals surface area contributed by atoms with Gasteiger partial charge in [0.1, 0.15) is 0 Å². The lowest BCUT2D eigenvalue weighted by Crippen LogP contribution is -2.36. The summed E-state index contributed by atoms with van der Waals surface area (Å²) in [4.78, 5) is 15.7. The predicted octanol–water partition coefficient (Wildman–Crippen LogP) is 2.52. The van der Waals surface area contributed by atoms with Gasteiger partial charge in [0.05, 0.1) is 0 Å². The Morgan fingerprint density at radius 3 is 2.79 bits per heavy atom. The normalized spacial score (nSPS) is 18.8. The van der Waals surface area contributed by atoms with E-state index in [2.05, 4.69) is 36.7 Å². The van der Waals surface area contributed by atoms with Crippen molar-refractivity contribution in [1.82, 2.24) is 29.0 Å². The number of aromatic nitrogens is 5. The molecule has 1 aliphatic heterocycles. The summed E-state index contributed by atoms with van der Waals surface area (Å²) in [5.74, 6) is 1.88. The van der Waals surface area contributed by atoms with Gasteiger partial charge in [-0.15, -0.1) is 0 Å². The Morgan fingerprint density at radius 2 is 2.00 bits per heavy atom. The summed E-state index contributed by atoms with van der Waals surface area (Å²) in [5.41, 5.74) is 1.27. The summed E-state index contributed by atoms with van der Waals surface area (Å²) in [5, 5.41) is 0. The van der Waals surface area contributed by atoms with Crippen LogP contribution in [-0.4, -0.2) is 42.1 Å². The fraction of sp³-hybridized carbons (Fsp3) is 0.389. The molecule has 0 aromatic carbocycles. The van der Waals surface area contributed by atoms with Crippen LogP contribution in [0, 0.1) is 0 Å². The van der Waals surface area contributed by atoms with Crippen LogP contribution in [0.5, 0.6) is 0 Å². The van der Waals surface area contributed by atoms with Gasteiger partial charge in [-0.1, -0.05) is 6.07 Å². The maximum absolute atomic E-state index is 4.55. The number of piperidine rings is 1. The molecule has 4 heterocycles. The quantitative estimate of drug-likeness (QED) is 0.740. The molecular weight excluding hydrogens is 300 g/mol. The maximum Gasteiger partial charge on any atom is 0.176 e. The molecule has 6 nitrogen and oxygen atoms in total. The molecule has 1 atom stereocenters. The van der Waals surface area contributed by atoms with Gasteiger partial charge in [0, 0.05) is 63.4 Å². The average molecular weight is 322 g/mol. The number of nitrogens with zero attached hydrogens (tertiary/aromatic N) is 6. The number of hydrogen-bond acceptors (Lipinski definition) is 4. The molecule has 4 rings (SSSR count). The summed E-state index contributed by atoms with van der Waals surface area (Å²) < 4.78 is 4.31. The highest BCUT2D eigenvalue weighted by molar-refractivity contribution is 5.45. The fourth-order valence-corrected chi connectivity index (χ4v) is 3.51. The van der Waals surface area contributed by atoms with Crippen LogP contribution >= 0.6 is 0 Å². The monoisotopic (exact) mass is 322 g/mol. The van der Waals surface area contributed by atoms with E-state index in [-0.39, 0.29) is 0 Å². The number of imidazole rings is 2. The number of aryl methyl sites for hydroxylation is 1. The third kappa shape index (κ3) is 2.97. The van der Waals surface area contributed by atoms with Crippen LogP contribution in [0.4, 0.5) is 0 Å². The second kappa shape index (κ2) is 6.57. The van der Waals surface area contributed by atoms with E-state index in [0.717, 1.165) is 31.3 Å². The Kier molecular flexibility index (Phi) is 4.13. The van der Waals surface area contributed by atoms with E-state index >= 15 is 0 Å². The number of likely N-dealkylation sites (tertiary alicyclic amines) is 1. The van der Waals surface area contributed by atoms with E-state index in [1.807, 2.05) is 48.7 Å². The molecular formula is C18H22N6. The largest absolute Gasteiger partial charge is 0.331 e. The highest BCUT2D eigenvalue weighted by Crippen LogP contribution is 2.27. The molecule has 0 aliphatic carbocycles. The standard InChI is InChI=1S/C18H22N6/c1-22-10-7-20-17(22)18-21-8-11-24(18)16-5-3-9-23(14-16)13-15-4-2-6-19-12-15/h2,4,6-8,10-12,16H,3,5,9,13-14H2,1H3. The lowest BCUT2D eigenvalue weighted by Gasteiger charge is -2.34.